The number of rotatable bonds is 9. The van der Waals surface area contributed by atoms with Crippen molar-refractivity contribution >= 4 is 12.4 Å². The molecule has 0 amide bonds. The minimum Gasteiger partial charge on any atom is -0.493 e. The second-order valence-corrected chi connectivity index (χ2v) is 7.74. The Bertz CT molecular complexity index is 720. The number of methoxy groups -OCH3 is 2. The Kier molecular flexibility index (Phi) is 9.79. The quantitative estimate of drug-likeness (QED) is 0.560. The van der Waals surface area contributed by atoms with Gasteiger partial charge in [-0.15, -0.1) is 12.4 Å². The van der Waals surface area contributed by atoms with E-state index in [4.69, 9.17) is 9.47 Å². The van der Waals surface area contributed by atoms with Crippen molar-refractivity contribution < 1.29 is 9.47 Å². The number of hydrogen-bond donors (Lipinski definition) is 0. The third-order valence-electron chi connectivity index (χ3n) is 5.70. The molecule has 1 atom stereocenters. The average molecular weight is 419 g/mol. The first-order valence-electron chi connectivity index (χ1n) is 10.4. The number of halogens is 1. The predicted molar refractivity (Wildman–Crippen MR) is 122 cm³/mol. The minimum atomic E-state index is 0. The van der Waals surface area contributed by atoms with Gasteiger partial charge in [0, 0.05) is 12.6 Å². The van der Waals surface area contributed by atoms with E-state index in [9.17, 15) is 0 Å². The van der Waals surface area contributed by atoms with E-state index >= 15 is 0 Å². The summed E-state index contributed by atoms with van der Waals surface area (Å²) < 4.78 is 11.0. The van der Waals surface area contributed by atoms with Crippen LogP contribution >= 0.6 is 12.4 Å². The Morgan fingerprint density at radius 3 is 2.28 bits per heavy atom. The molecule has 1 heterocycles. The number of benzene rings is 2. The van der Waals surface area contributed by atoms with Crippen LogP contribution in [0, 0.1) is 0 Å². The fraction of sp³-hybridized carbons (Fsp3) is 0.500. The van der Waals surface area contributed by atoms with Crippen molar-refractivity contribution in [2.75, 3.05) is 40.9 Å². The smallest absolute Gasteiger partial charge is 0.161 e. The number of nitrogens with zero attached hydrogens (tertiary/aromatic N) is 2. The molecule has 29 heavy (non-hydrogen) atoms. The molecular formula is C24H35ClN2O2. The van der Waals surface area contributed by atoms with Gasteiger partial charge in [-0.05, 0) is 69.2 Å². The summed E-state index contributed by atoms with van der Waals surface area (Å²) in [5, 5.41) is 0. The van der Waals surface area contributed by atoms with Gasteiger partial charge in [0.1, 0.15) is 0 Å². The van der Waals surface area contributed by atoms with E-state index in [1.54, 1.807) is 14.2 Å². The zero-order chi connectivity index (χ0) is 19.8. The van der Waals surface area contributed by atoms with Crippen molar-refractivity contribution in [1.82, 2.24) is 9.80 Å². The molecule has 0 bridgehead atoms. The lowest BCUT2D eigenvalue weighted by molar-refractivity contribution is 0.143. The largest absolute Gasteiger partial charge is 0.493 e. The van der Waals surface area contributed by atoms with E-state index in [-0.39, 0.29) is 12.4 Å². The summed E-state index contributed by atoms with van der Waals surface area (Å²) >= 11 is 0. The first kappa shape index (κ1) is 23.5. The van der Waals surface area contributed by atoms with Gasteiger partial charge in [-0.2, -0.15) is 0 Å². The van der Waals surface area contributed by atoms with Gasteiger partial charge < -0.3 is 14.4 Å². The zero-order valence-electron chi connectivity index (χ0n) is 18.0. The lowest BCUT2D eigenvalue weighted by atomic mass is 9.98. The van der Waals surface area contributed by atoms with Crippen molar-refractivity contribution in [2.24, 2.45) is 0 Å². The minimum absolute atomic E-state index is 0. The summed E-state index contributed by atoms with van der Waals surface area (Å²) in [6.07, 6.45) is 5.05. The van der Waals surface area contributed by atoms with Crippen LogP contribution in [0.5, 0.6) is 11.5 Å². The molecule has 0 saturated carbocycles. The molecule has 0 aromatic heterocycles. The van der Waals surface area contributed by atoms with Gasteiger partial charge in [0.05, 0.1) is 14.2 Å². The molecule has 4 nitrogen and oxygen atoms in total. The van der Waals surface area contributed by atoms with E-state index in [1.165, 1.54) is 43.5 Å². The number of piperidine rings is 1. The molecule has 1 aliphatic rings. The van der Waals surface area contributed by atoms with E-state index in [0.29, 0.717) is 6.04 Å². The monoisotopic (exact) mass is 418 g/mol. The molecule has 1 unspecified atom stereocenters. The second kappa shape index (κ2) is 12.1. The fourth-order valence-electron chi connectivity index (χ4n) is 4.17. The van der Waals surface area contributed by atoms with Crippen LogP contribution < -0.4 is 9.47 Å². The highest BCUT2D eigenvalue weighted by atomic mass is 35.5. The zero-order valence-corrected chi connectivity index (χ0v) is 18.8. The van der Waals surface area contributed by atoms with Crippen LogP contribution in [0.1, 0.15) is 42.9 Å². The molecule has 0 N–H and O–H groups in total. The van der Waals surface area contributed by atoms with Gasteiger partial charge in [0.2, 0.25) is 0 Å². The van der Waals surface area contributed by atoms with Crippen molar-refractivity contribution in [2.45, 2.75) is 38.3 Å². The van der Waals surface area contributed by atoms with Crippen LogP contribution in [0.25, 0.3) is 0 Å². The lowest BCUT2D eigenvalue weighted by Gasteiger charge is -2.36. The van der Waals surface area contributed by atoms with E-state index < -0.39 is 0 Å². The fourth-order valence-corrected chi connectivity index (χ4v) is 4.17. The Labute approximate surface area is 182 Å². The molecule has 1 aliphatic heterocycles. The van der Waals surface area contributed by atoms with Crippen LogP contribution in [0.3, 0.4) is 0 Å². The highest BCUT2D eigenvalue weighted by molar-refractivity contribution is 5.85. The van der Waals surface area contributed by atoms with Gasteiger partial charge in [-0.3, -0.25) is 4.90 Å². The Morgan fingerprint density at radius 2 is 1.62 bits per heavy atom. The third kappa shape index (κ3) is 6.63. The van der Waals surface area contributed by atoms with Crippen molar-refractivity contribution in [3.63, 3.8) is 0 Å². The van der Waals surface area contributed by atoms with Crippen molar-refractivity contribution in [3.05, 3.63) is 59.7 Å². The summed E-state index contributed by atoms with van der Waals surface area (Å²) in [7, 11) is 5.62. The van der Waals surface area contributed by atoms with E-state index in [2.05, 4.69) is 59.3 Å². The molecule has 160 valence electrons. The van der Waals surface area contributed by atoms with E-state index in [0.717, 1.165) is 31.0 Å². The average Bonchev–Trinajstić information content (AvgIpc) is 2.75. The summed E-state index contributed by atoms with van der Waals surface area (Å²) in [5.74, 6) is 1.62. The van der Waals surface area contributed by atoms with Crippen LogP contribution in [0.2, 0.25) is 0 Å². The normalized spacial score (nSPS) is 15.6. The molecule has 2 aromatic rings. The van der Waals surface area contributed by atoms with Crippen LogP contribution in [-0.4, -0.2) is 50.7 Å². The van der Waals surface area contributed by atoms with Crippen LogP contribution in [0.15, 0.2) is 48.5 Å². The summed E-state index contributed by atoms with van der Waals surface area (Å²) in [4.78, 5) is 5.08. The van der Waals surface area contributed by atoms with Gasteiger partial charge in [-0.1, -0.05) is 42.8 Å². The van der Waals surface area contributed by atoms with Crippen molar-refractivity contribution in [1.29, 1.82) is 0 Å². The molecule has 1 fully saturated rings. The molecule has 3 rings (SSSR count). The first-order chi connectivity index (χ1) is 13.7. The third-order valence-corrected chi connectivity index (χ3v) is 5.70. The SMILES string of the molecule is COc1ccc(C(CCN(C)Cc2ccccc2)N2CCCCC2)cc1OC.Cl. The molecule has 5 heteroatoms. The predicted octanol–water partition coefficient (Wildman–Crippen LogP) is 5.17. The Morgan fingerprint density at radius 1 is 0.931 bits per heavy atom. The maximum absolute atomic E-state index is 5.57. The molecule has 0 radical (unpaired) electrons. The standard InChI is InChI=1S/C24H34N2O2.ClH/c1-25(19-20-10-6-4-7-11-20)17-14-22(26-15-8-5-9-16-26)21-12-13-23(27-2)24(18-21)28-3;/h4,6-7,10-13,18,22H,5,8-9,14-17,19H2,1-3H3;1H. The Balaban J connectivity index is 0.00000300. The van der Waals surface area contributed by atoms with Crippen molar-refractivity contribution in [3.8, 4) is 11.5 Å². The maximum Gasteiger partial charge on any atom is 0.161 e. The lowest BCUT2D eigenvalue weighted by Crippen LogP contribution is -2.35. The Hall–Kier alpha value is -1.75. The summed E-state index contributed by atoms with van der Waals surface area (Å²) in [6.45, 7) is 4.41. The summed E-state index contributed by atoms with van der Waals surface area (Å²) in [6, 6.07) is 17.5. The number of ether oxygens (including phenoxy) is 2. The highest BCUT2D eigenvalue weighted by Gasteiger charge is 2.23. The van der Waals surface area contributed by atoms with Gasteiger partial charge in [0.15, 0.2) is 11.5 Å². The van der Waals surface area contributed by atoms with Gasteiger partial charge >= 0.3 is 0 Å². The van der Waals surface area contributed by atoms with Crippen LogP contribution in [-0.2, 0) is 6.54 Å². The topological polar surface area (TPSA) is 24.9 Å². The van der Waals surface area contributed by atoms with Crippen LogP contribution in [0.4, 0.5) is 0 Å². The first-order valence-corrected chi connectivity index (χ1v) is 10.4. The number of likely N-dealkylation sites (tertiary alicyclic amines) is 1. The number of hydrogen-bond acceptors (Lipinski definition) is 4. The van der Waals surface area contributed by atoms with Gasteiger partial charge in [0.25, 0.3) is 0 Å². The molecule has 1 saturated heterocycles. The molecule has 0 aliphatic carbocycles. The highest BCUT2D eigenvalue weighted by Crippen LogP contribution is 2.34. The molecule has 0 spiro atoms. The maximum atomic E-state index is 5.57. The second-order valence-electron chi connectivity index (χ2n) is 7.74. The van der Waals surface area contributed by atoms with Gasteiger partial charge in [-0.25, -0.2) is 0 Å². The molecular weight excluding hydrogens is 384 g/mol. The van der Waals surface area contributed by atoms with E-state index in [1.807, 2.05) is 6.07 Å². The molecule has 2 aromatic carbocycles. The summed E-state index contributed by atoms with van der Waals surface area (Å²) in [5.41, 5.74) is 2.69.